The van der Waals surface area contributed by atoms with Crippen LogP contribution in [-0.2, 0) is 28.9 Å². The molecule has 2 heterocycles. The van der Waals surface area contributed by atoms with Gasteiger partial charge in [-0.3, -0.25) is 9.13 Å². The van der Waals surface area contributed by atoms with E-state index in [1.54, 1.807) is 27.1 Å². The molecule has 1 aromatic heterocycles. The molecule has 1 aliphatic rings. The van der Waals surface area contributed by atoms with Crippen LogP contribution in [0.4, 0.5) is 4.79 Å². The minimum Gasteiger partial charge on any atom is -0.450 e. The van der Waals surface area contributed by atoms with Crippen molar-refractivity contribution in [2.45, 2.75) is 11.8 Å². The van der Waals surface area contributed by atoms with E-state index in [0.29, 0.717) is 11.0 Å². The quantitative estimate of drug-likeness (QED) is 0.763. The average Bonchev–Trinajstić information content (AvgIpc) is 2.86. The molecule has 0 bridgehead atoms. The van der Waals surface area contributed by atoms with Crippen LogP contribution in [0.3, 0.4) is 0 Å². The molecule has 1 fully saturated rings. The van der Waals surface area contributed by atoms with Gasteiger partial charge in [-0.2, -0.15) is 4.31 Å². The van der Waals surface area contributed by atoms with Gasteiger partial charge in [0.15, 0.2) is 0 Å². The fourth-order valence-corrected chi connectivity index (χ4v) is 4.56. The van der Waals surface area contributed by atoms with Gasteiger partial charge in [-0.15, -0.1) is 0 Å². The number of piperazine rings is 1. The zero-order valence-corrected chi connectivity index (χ0v) is 15.8. The number of aromatic nitrogens is 2. The molecule has 0 spiro atoms. The second kappa shape index (κ2) is 6.76. The molecular formula is C16H22N4O5S. The third kappa shape index (κ3) is 2.99. The van der Waals surface area contributed by atoms with Gasteiger partial charge in [0.05, 0.1) is 22.5 Å². The van der Waals surface area contributed by atoms with E-state index in [-0.39, 0.29) is 43.4 Å². The van der Waals surface area contributed by atoms with Crippen LogP contribution in [0.25, 0.3) is 11.0 Å². The molecule has 2 aromatic rings. The number of ether oxygens (including phenoxy) is 1. The van der Waals surface area contributed by atoms with Crippen molar-refractivity contribution < 1.29 is 17.9 Å². The molecule has 3 rings (SSSR count). The van der Waals surface area contributed by atoms with E-state index in [0.717, 1.165) is 0 Å². The van der Waals surface area contributed by atoms with E-state index in [2.05, 4.69) is 0 Å². The molecule has 9 nitrogen and oxygen atoms in total. The second-order valence-electron chi connectivity index (χ2n) is 6.14. The first-order valence-electron chi connectivity index (χ1n) is 8.34. The van der Waals surface area contributed by atoms with E-state index >= 15 is 0 Å². The lowest BCUT2D eigenvalue weighted by molar-refractivity contribution is 0.0934. The molecule has 0 atom stereocenters. The number of carbonyl (C=O) groups excluding carboxylic acids is 1. The molecule has 0 unspecified atom stereocenters. The molecule has 1 aromatic carbocycles. The Morgan fingerprint density at radius 3 is 2.31 bits per heavy atom. The largest absolute Gasteiger partial charge is 0.450 e. The Hall–Kier alpha value is -2.33. The fourth-order valence-electron chi connectivity index (χ4n) is 3.12. The van der Waals surface area contributed by atoms with Crippen molar-refractivity contribution in [3.05, 3.63) is 28.7 Å². The summed E-state index contributed by atoms with van der Waals surface area (Å²) < 4.78 is 35.1. The summed E-state index contributed by atoms with van der Waals surface area (Å²) >= 11 is 0. The number of hydrogen-bond acceptors (Lipinski definition) is 5. The lowest BCUT2D eigenvalue weighted by atomic mass is 10.3. The fraction of sp³-hybridized carbons (Fsp3) is 0.500. The highest BCUT2D eigenvalue weighted by molar-refractivity contribution is 7.89. The Morgan fingerprint density at radius 1 is 1.08 bits per heavy atom. The third-order valence-corrected chi connectivity index (χ3v) is 6.54. The standard InChI is InChI=1S/C16H22N4O5S/c1-4-25-16(22)19-7-9-20(10-8-19)26(23,24)12-5-6-13-14(11-12)18(3)15(21)17(13)2/h5-6,11H,4,7-10H2,1-3H3. The van der Waals surface area contributed by atoms with Gasteiger partial charge in [-0.1, -0.05) is 0 Å². The van der Waals surface area contributed by atoms with Gasteiger partial charge in [0.1, 0.15) is 0 Å². The molecule has 0 aliphatic carbocycles. The highest BCUT2D eigenvalue weighted by atomic mass is 32.2. The number of fused-ring (bicyclic) bond motifs is 1. The van der Waals surface area contributed by atoms with Gasteiger partial charge in [-0.25, -0.2) is 18.0 Å². The smallest absolute Gasteiger partial charge is 0.409 e. The summed E-state index contributed by atoms with van der Waals surface area (Å²) in [6.45, 7) is 2.98. The number of aryl methyl sites for hydroxylation is 2. The second-order valence-corrected chi connectivity index (χ2v) is 8.08. The number of sulfonamides is 1. The summed E-state index contributed by atoms with van der Waals surface area (Å²) in [5.74, 6) is 0. The van der Waals surface area contributed by atoms with Crippen LogP contribution in [0, 0.1) is 0 Å². The van der Waals surface area contributed by atoms with E-state index in [1.165, 1.54) is 30.5 Å². The van der Waals surface area contributed by atoms with Crippen LogP contribution in [0.2, 0.25) is 0 Å². The maximum atomic E-state index is 12.9. The summed E-state index contributed by atoms with van der Waals surface area (Å²) in [4.78, 5) is 25.4. The monoisotopic (exact) mass is 382 g/mol. The van der Waals surface area contributed by atoms with Crippen molar-refractivity contribution in [3.8, 4) is 0 Å². The first-order chi connectivity index (χ1) is 12.3. The molecule has 0 saturated carbocycles. The normalized spacial score (nSPS) is 16.2. The number of imidazole rings is 1. The number of nitrogens with zero attached hydrogens (tertiary/aromatic N) is 4. The zero-order valence-electron chi connectivity index (χ0n) is 15.0. The maximum absolute atomic E-state index is 12.9. The van der Waals surface area contributed by atoms with Gasteiger partial charge < -0.3 is 9.64 Å². The molecule has 1 saturated heterocycles. The van der Waals surface area contributed by atoms with E-state index in [1.807, 2.05) is 0 Å². The van der Waals surface area contributed by atoms with Gasteiger partial charge >= 0.3 is 11.8 Å². The highest BCUT2D eigenvalue weighted by Crippen LogP contribution is 2.22. The molecule has 26 heavy (non-hydrogen) atoms. The Balaban J connectivity index is 1.85. The summed E-state index contributed by atoms with van der Waals surface area (Å²) in [5, 5.41) is 0. The molecule has 1 amide bonds. The SMILES string of the molecule is CCOC(=O)N1CCN(S(=O)(=O)c2ccc3c(c2)n(C)c(=O)n3C)CC1. The number of hydrogen-bond donors (Lipinski definition) is 0. The predicted molar refractivity (Wildman–Crippen MR) is 95.5 cm³/mol. The first-order valence-corrected chi connectivity index (χ1v) is 9.78. The van der Waals surface area contributed by atoms with Crippen molar-refractivity contribution >= 4 is 27.1 Å². The Labute approximate surface area is 151 Å². The predicted octanol–water partition coefficient (Wildman–Crippen LogP) is 0.340. The topological polar surface area (TPSA) is 93.8 Å². The van der Waals surface area contributed by atoms with E-state index in [9.17, 15) is 18.0 Å². The summed E-state index contributed by atoms with van der Waals surface area (Å²) in [6.07, 6.45) is -0.426. The Bertz CT molecular complexity index is 1000. The van der Waals surface area contributed by atoms with Crippen LogP contribution in [0.15, 0.2) is 27.9 Å². The zero-order chi connectivity index (χ0) is 19.1. The van der Waals surface area contributed by atoms with Gasteiger partial charge in [0.25, 0.3) is 0 Å². The molecule has 0 radical (unpaired) electrons. The maximum Gasteiger partial charge on any atom is 0.409 e. The highest BCUT2D eigenvalue weighted by Gasteiger charge is 2.31. The lowest BCUT2D eigenvalue weighted by Crippen LogP contribution is -2.50. The van der Waals surface area contributed by atoms with Crippen molar-refractivity contribution in [2.75, 3.05) is 32.8 Å². The summed E-state index contributed by atoms with van der Waals surface area (Å²) in [6, 6.07) is 4.66. The third-order valence-electron chi connectivity index (χ3n) is 4.65. The minimum absolute atomic E-state index is 0.135. The van der Waals surface area contributed by atoms with Crippen LogP contribution < -0.4 is 5.69 Å². The molecule has 142 valence electrons. The van der Waals surface area contributed by atoms with Crippen molar-refractivity contribution in [3.63, 3.8) is 0 Å². The average molecular weight is 382 g/mol. The van der Waals surface area contributed by atoms with Gasteiger partial charge in [0.2, 0.25) is 10.0 Å². The molecule has 1 aliphatic heterocycles. The van der Waals surface area contributed by atoms with Crippen LogP contribution in [0.5, 0.6) is 0 Å². The number of carbonyl (C=O) groups is 1. The van der Waals surface area contributed by atoms with Crippen LogP contribution in [-0.4, -0.2) is 65.6 Å². The Kier molecular flexibility index (Phi) is 4.80. The minimum atomic E-state index is -3.71. The molecule has 0 N–H and O–H groups in total. The number of amides is 1. The summed E-state index contributed by atoms with van der Waals surface area (Å²) in [7, 11) is -0.449. The van der Waals surface area contributed by atoms with E-state index < -0.39 is 16.1 Å². The van der Waals surface area contributed by atoms with Crippen molar-refractivity contribution in [1.82, 2.24) is 18.3 Å². The number of benzene rings is 1. The van der Waals surface area contributed by atoms with Crippen LogP contribution >= 0.6 is 0 Å². The summed E-state index contributed by atoms with van der Waals surface area (Å²) in [5.41, 5.74) is 1.02. The molecular weight excluding hydrogens is 360 g/mol. The van der Waals surface area contributed by atoms with Gasteiger partial charge in [0, 0.05) is 40.3 Å². The van der Waals surface area contributed by atoms with Gasteiger partial charge in [-0.05, 0) is 25.1 Å². The lowest BCUT2D eigenvalue weighted by Gasteiger charge is -2.33. The number of rotatable bonds is 3. The van der Waals surface area contributed by atoms with Crippen LogP contribution in [0.1, 0.15) is 6.92 Å². The first kappa shape index (κ1) is 18.5. The van der Waals surface area contributed by atoms with E-state index in [4.69, 9.17) is 4.74 Å². The molecule has 10 heteroatoms. The Morgan fingerprint density at radius 2 is 1.69 bits per heavy atom. The van der Waals surface area contributed by atoms with Crippen molar-refractivity contribution in [2.24, 2.45) is 14.1 Å². The van der Waals surface area contributed by atoms with Crippen molar-refractivity contribution in [1.29, 1.82) is 0 Å².